The molecule has 7 nitrogen and oxygen atoms in total. The van der Waals surface area contributed by atoms with E-state index in [2.05, 4.69) is 20.2 Å². The van der Waals surface area contributed by atoms with Crippen molar-refractivity contribution in [2.24, 2.45) is 0 Å². The summed E-state index contributed by atoms with van der Waals surface area (Å²) in [6.45, 7) is 3.48. The predicted octanol–water partition coefficient (Wildman–Crippen LogP) is -0.995. The number of aromatic nitrogens is 2. The van der Waals surface area contributed by atoms with Gasteiger partial charge < -0.3 is 10.2 Å². The van der Waals surface area contributed by atoms with Gasteiger partial charge in [0, 0.05) is 32.4 Å². The van der Waals surface area contributed by atoms with Crippen molar-refractivity contribution in [2.45, 2.75) is 0 Å². The van der Waals surface area contributed by atoms with Gasteiger partial charge in [0.05, 0.1) is 0 Å². The summed E-state index contributed by atoms with van der Waals surface area (Å²) >= 11 is 0. The van der Waals surface area contributed by atoms with Crippen LogP contribution in [0.25, 0.3) is 0 Å². The van der Waals surface area contributed by atoms with Gasteiger partial charge >= 0.3 is 5.91 Å². The van der Waals surface area contributed by atoms with Crippen LogP contribution in [0.3, 0.4) is 0 Å². The topological polar surface area (TPSA) is 90.4 Å². The van der Waals surface area contributed by atoms with Crippen molar-refractivity contribution >= 4 is 11.7 Å². The van der Waals surface area contributed by atoms with Crippen molar-refractivity contribution in [3.8, 4) is 0 Å². The monoisotopic (exact) mass is 223 g/mol. The van der Waals surface area contributed by atoms with Crippen molar-refractivity contribution in [1.29, 1.82) is 0 Å². The second kappa shape index (κ2) is 4.86. The van der Waals surface area contributed by atoms with E-state index in [0.29, 0.717) is 5.82 Å². The Labute approximate surface area is 92.5 Å². The minimum absolute atomic E-state index is 0.0291. The number of carbonyl (C=O) groups excluding carboxylic acids is 1. The van der Waals surface area contributed by atoms with E-state index in [-0.39, 0.29) is 5.82 Å². The fraction of sp³-hybridized carbons (Fsp3) is 0.444. The second-order valence-corrected chi connectivity index (χ2v) is 3.42. The molecule has 16 heavy (non-hydrogen) atoms. The summed E-state index contributed by atoms with van der Waals surface area (Å²) in [6.07, 6.45) is 1.51. The lowest BCUT2D eigenvalue weighted by Gasteiger charge is -2.28. The summed E-state index contributed by atoms with van der Waals surface area (Å²) in [5.41, 5.74) is 1.52. The average Bonchev–Trinajstić information content (AvgIpc) is 2.39. The number of nitrogens with one attached hydrogen (secondary N) is 2. The molecule has 1 fully saturated rings. The van der Waals surface area contributed by atoms with Crippen LogP contribution in [-0.4, -0.2) is 47.3 Å². The number of nitrogens with zero attached hydrogens (tertiary/aromatic N) is 3. The number of amides is 1. The highest BCUT2D eigenvalue weighted by molar-refractivity contribution is 5.89. The molecular formula is C9H13N5O2. The Kier molecular flexibility index (Phi) is 3.28. The number of piperazine rings is 1. The minimum atomic E-state index is -0.697. The molecule has 0 spiro atoms. The molecule has 0 unspecified atom stereocenters. The summed E-state index contributed by atoms with van der Waals surface area (Å²) in [4.78, 5) is 21.1. The second-order valence-electron chi connectivity index (χ2n) is 3.42. The van der Waals surface area contributed by atoms with Crippen LogP contribution in [0.1, 0.15) is 10.6 Å². The van der Waals surface area contributed by atoms with Gasteiger partial charge in [0.25, 0.3) is 0 Å². The molecule has 1 aromatic heterocycles. The van der Waals surface area contributed by atoms with Gasteiger partial charge in [0.1, 0.15) is 5.82 Å². The maximum atomic E-state index is 11.1. The third kappa shape index (κ3) is 2.26. The molecule has 0 radical (unpaired) electrons. The standard InChI is InChI=1S/C9H13N5O2/c15-9(13-16)8-11-2-1-7(12-8)14-5-3-10-4-6-14/h1-2,10,16H,3-6H2,(H,13,15). The third-order valence-electron chi connectivity index (χ3n) is 2.39. The largest absolute Gasteiger partial charge is 0.354 e. The van der Waals surface area contributed by atoms with Gasteiger partial charge in [-0.1, -0.05) is 0 Å². The van der Waals surface area contributed by atoms with E-state index in [1.54, 1.807) is 6.07 Å². The molecule has 0 atom stereocenters. The van der Waals surface area contributed by atoms with E-state index < -0.39 is 5.91 Å². The fourth-order valence-corrected chi connectivity index (χ4v) is 1.58. The smallest absolute Gasteiger partial charge is 0.312 e. The first-order valence-electron chi connectivity index (χ1n) is 5.04. The molecule has 1 aromatic rings. The Morgan fingerprint density at radius 1 is 1.50 bits per heavy atom. The summed E-state index contributed by atoms with van der Waals surface area (Å²) in [7, 11) is 0. The first-order valence-corrected chi connectivity index (χ1v) is 5.04. The van der Waals surface area contributed by atoms with E-state index in [1.165, 1.54) is 11.7 Å². The molecule has 1 aliphatic heterocycles. The Hall–Kier alpha value is -1.73. The zero-order valence-electron chi connectivity index (χ0n) is 8.68. The van der Waals surface area contributed by atoms with Crippen LogP contribution in [0.5, 0.6) is 0 Å². The third-order valence-corrected chi connectivity index (χ3v) is 2.39. The van der Waals surface area contributed by atoms with Crippen LogP contribution < -0.4 is 15.7 Å². The van der Waals surface area contributed by atoms with E-state index in [4.69, 9.17) is 5.21 Å². The Bertz CT molecular complexity index is 378. The van der Waals surface area contributed by atoms with Crippen LogP contribution in [-0.2, 0) is 0 Å². The number of hydrogen-bond acceptors (Lipinski definition) is 6. The van der Waals surface area contributed by atoms with Crippen LogP contribution in [0.2, 0.25) is 0 Å². The van der Waals surface area contributed by atoms with Crippen molar-refractivity contribution in [3.63, 3.8) is 0 Å². The van der Waals surface area contributed by atoms with E-state index in [9.17, 15) is 4.79 Å². The Morgan fingerprint density at radius 3 is 2.94 bits per heavy atom. The molecule has 2 rings (SSSR count). The molecule has 7 heteroatoms. The number of anilines is 1. The maximum absolute atomic E-state index is 11.1. The molecule has 3 N–H and O–H groups in total. The van der Waals surface area contributed by atoms with Crippen LogP contribution >= 0.6 is 0 Å². The first-order chi connectivity index (χ1) is 7.81. The lowest BCUT2D eigenvalue weighted by atomic mass is 10.3. The molecule has 0 bridgehead atoms. The van der Waals surface area contributed by atoms with E-state index in [0.717, 1.165) is 26.2 Å². The quantitative estimate of drug-likeness (QED) is 0.440. The Balaban J connectivity index is 2.17. The Morgan fingerprint density at radius 2 is 2.25 bits per heavy atom. The van der Waals surface area contributed by atoms with Crippen molar-refractivity contribution in [3.05, 3.63) is 18.1 Å². The van der Waals surface area contributed by atoms with Crippen molar-refractivity contribution in [1.82, 2.24) is 20.8 Å². The van der Waals surface area contributed by atoms with Crippen molar-refractivity contribution in [2.75, 3.05) is 31.1 Å². The molecule has 86 valence electrons. The van der Waals surface area contributed by atoms with Gasteiger partial charge in [-0.25, -0.2) is 15.4 Å². The molecule has 1 aliphatic rings. The van der Waals surface area contributed by atoms with E-state index in [1.807, 2.05) is 0 Å². The van der Waals surface area contributed by atoms with Gasteiger partial charge in [-0.05, 0) is 6.07 Å². The molecule has 1 amide bonds. The number of rotatable bonds is 2. The minimum Gasteiger partial charge on any atom is -0.354 e. The number of hydroxylamine groups is 1. The normalized spacial score (nSPS) is 15.9. The SMILES string of the molecule is O=C(NO)c1nccc(N2CCNCC2)n1. The van der Waals surface area contributed by atoms with Gasteiger partial charge in [-0.3, -0.25) is 10.0 Å². The zero-order chi connectivity index (χ0) is 11.4. The van der Waals surface area contributed by atoms with E-state index >= 15 is 0 Å². The number of carbonyl (C=O) groups is 1. The highest BCUT2D eigenvalue weighted by Crippen LogP contribution is 2.10. The van der Waals surface area contributed by atoms with Crippen LogP contribution in [0.15, 0.2) is 12.3 Å². The maximum Gasteiger partial charge on any atom is 0.312 e. The summed E-state index contributed by atoms with van der Waals surface area (Å²) in [5, 5.41) is 11.7. The fourth-order valence-electron chi connectivity index (χ4n) is 1.58. The highest BCUT2D eigenvalue weighted by Gasteiger charge is 2.14. The lowest BCUT2D eigenvalue weighted by molar-refractivity contribution is 0.0694. The molecular weight excluding hydrogens is 210 g/mol. The van der Waals surface area contributed by atoms with Gasteiger partial charge in [-0.15, -0.1) is 0 Å². The molecule has 1 saturated heterocycles. The summed E-state index contributed by atoms with van der Waals surface area (Å²) in [6, 6.07) is 1.75. The van der Waals surface area contributed by atoms with Crippen LogP contribution in [0, 0.1) is 0 Å². The van der Waals surface area contributed by atoms with Gasteiger partial charge in [0.15, 0.2) is 0 Å². The van der Waals surface area contributed by atoms with Gasteiger partial charge in [-0.2, -0.15) is 0 Å². The predicted molar refractivity (Wildman–Crippen MR) is 56.4 cm³/mol. The molecule has 0 aliphatic carbocycles. The molecule has 0 aromatic carbocycles. The van der Waals surface area contributed by atoms with Crippen molar-refractivity contribution < 1.29 is 10.0 Å². The highest BCUT2D eigenvalue weighted by atomic mass is 16.5. The van der Waals surface area contributed by atoms with Gasteiger partial charge in [0.2, 0.25) is 5.82 Å². The molecule has 2 heterocycles. The number of hydrogen-bond donors (Lipinski definition) is 3. The lowest BCUT2D eigenvalue weighted by Crippen LogP contribution is -2.44. The van der Waals surface area contributed by atoms with Crippen LogP contribution in [0.4, 0.5) is 5.82 Å². The summed E-state index contributed by atoms with van der Waals surface area (Å²) in [5.74, 6) is -0.0226. The average molecular weight is 223 g/mol. The summed E-state index contributed by atoms with van der Waals surface area (Å²) < 4.78 is 0. The first kappa shape index (κ1) is 10.8. The molecule has 0 saturated carbocycles. The zero-order valence-corrected chi connectivity index (χ0v) is 8.68.